The van der Waals surface area contributed by atoms with E-state index in [2.05, 4.69) is 5.32 Å². The van der Waals surface area contributed by atoms with E-state index >= 15 is 0 Å². The molecule has 3 rings (SSSR count). The van der Waals surface area contributed by atoms with Gasteiger partial charge in [0.1, 0.15) is 0 Å². The maximum Gasteiger partial charge on any atom is 0.308 e. The van der Waals surface area contributed by atoms with Gasteiger partial charge in [0.25, 0.3) is 0 Å². The predicted octanol–water partition coefficient (Wildman–Crippen LogP) is 4.13. The van der Waals surface area contributed by atoms with Crippen LogP contribution >= 0.6 is 23.2 Å². The molecule has 0 spiro atoms. The Bertz CT molecular complexity index is 915. The molecule has 186 valence electrons. The highest BCUT2D eigenvalue weighted by molar-refractivity contribution is 6.42. The summed E-state index contributed by atoms with van der Waals surface area (Å²) in [5.74, 6) is -0.234. The molecule has 34 heavy (non-hydrogen) atoms. The van der Waals surface area contributed by atoms with E-state index in [1.807, 2.05) is 18.7 Å². The van der Waals surface area contributed by atoms with Gasteiger partial charge in [-0.3, -0.25) is 19.7 Å². The number of halogens is 2. The van der Waals surface area contributed by atoms with Crippen LogP contribution in [-0.2, 0) is 19.1 Å². The molecule has 1 aliphatic heterocycles. The molecule has 0 bridgehead atoms. The predicted molar refractivity (Wildman–Crippen MR) is 133 cm³/mol. The van der Waals surface area contributed by atoms with Crippen LogP contribution in [0, 0.1) is 5.92 Å². The standard InChI is InChI=1S/C25H33Cl2N3O4/c1-3-34-25(33)19-6-8-20(9-7-19)28-17(2)30-15-14-29(13-12-24(30)32)23(31)11-5-18-4-10-21(26)22(27)16-18/h4-5,10-11,16-17,19-20,28H,3,6-9,12-15H2,1-2H3/b11-5+. The molecule has 7 nitrogen and oxygen atoms in total. The summed E-state index contributed by atoms with van der Waals surface area (Å²) in [5, 5.41) is 4.45. The number of rotatable bonds is 7. The van der Waals surface area contributed by atoms with Crippen molar-refractivity contribution in [2.45, 2.75) is 58.2 Å². The molecule has 2 fully saturated rings. The molecular formula is C25H33Cl2N3O4. The van der Waals surface area contributed by atoms with Crippen molar-refractivity contribution >= 4 is 47.1 Å². The first-order valence-corrected chi connectivity index (χ1v) is 12.7. The summed E-state index contributed by atoms with van der Waals surface area (Å²) in [7, 11) is 0. The van der Waals surface area contributed by atoms with Crippen molar-refractivity contribution in [1.82, 2.24) is 15.1 Å². The molecule has 1 aromatic carbocycles. The number of ether oxygens (including phenoxy) is 1. The fraction of sp³-hybridized carbons (Fsp3) is 0.560. The lowest BCUT2D eigenvalue weighted by molar-refractivity contribution is -0.149. The van der Waals surface area contributed by atoms with Gasteiger partial charge in [-0.25, -0.2) is 0 Å². The second-order valence-electron chi connectivity index (χ2n) is 8.81. The van der Waals surface area contributed by atoms with Gasteiger partial charge >= 0.3 is 5.97 Å². The van der Waals surface area contributed by atoms with Crippen LogP contribution in [0.5, 0.6) is 0 Å². The zero-order chi connectivity index (χ0) is 24.7. The molecule has 0 aromatic heterocycles. The van der Waals surface area contributed by atoms with Gasteiger partial charge in [-0.05, 0) is 63.3 Å². The Labute approximate surface area is 211 Å². The topological polar surface area (TPSA) is 79.0 Å². The van der Waals surface area contributed by atoms with Gasteiger partial charge in [-0.1, -0.05) is 29.3 Å². The fourth-order valence-corrected chi connectivity index (χ4v) is 4.85. The molecule has 1 saturated heterocycles. The minimum atomic E-state index is -0.140. The molecule has 2 amide bonds. The zero-order valence-corrected chi connectivity index (χ0v) is 21.3. The van der Waals surface area contributed by atoms with E-state index in [1.54, 1.807) is 29.2 Å². The quantitative estimate of drug-likeness (QED) is 0.441. The molecule has 0 radical (unpaired) electrons. The van der Waals surface area contributed by atoms with Crippen molar-refractivity contribution in [3.05, 3.63) is 39.9 Å². The van der Waals surface area contributed by atoms with Crippen LogP contribution in [0.3, 0.4) is 0 Å². The molecule has 1 heterocycles. The minimum Gasteiger partial charge on any atom is -0.466 e. The van der Waals surface area contributed by atoms with Crippen molar-refractivity contribution in [2.75, 3.05) is 26.2 Å². The molecule has 9 heteroatoms. The molecule has 1 saturated carbocycles. The Morgan fingerprint density at radius 2 is 1.88 bits per heavy atom. The lowest BCUT2D eigenvalue weighted by Gasteiger charge is -2.35. The summed E-state index contributed by atoms with van der Waals surface area (Å²) in [6.07, 6.45) is 6.69. The smallest absolute Gasteiger partial charge is 0.308 e. The third-order valence-electron chi connectivity index (χ3n) is 6.49. The SMILES string of the molecule is CCOC(=O)C1CCC(NC(C)N2CCN(C(=O)/C=C/c3ccc(Cl)c(Cl)c3)CCC2=O)CC1. The van der Waals surface area contributed by atoms with Gasteiger partial charge in [0.15, 0.2) is 0 Å². The van der Waals surface area contributed by atoms with Gasteiger partial charge in [0.2, 0.25) is 11.8 Å². The normalized spacial score (nSPS) is 22.5. The minimum absolute atomic E-state index is 0.0235. The lowest BCUT2D eigenvalue weighted by atomic mass is 9.86. The van der Waals surface area contributed by atoms with E-state index in [4.69, 9.17) is 27.9 Å². The summed E-state index contributed by atoms with van der Waals surface area (Å²) in [6, 6.07) is 5.44. The van der Waals surface area contributed by atoms with Crippen molar-refractivity contribution in [1.29, 1.82) is 0 Å². The summed E-state index contributed by atoms with van der Waals surface area (Å²) in [4.78, 5) is 40.9. The summed E-state index contributed by atoms with van der Waals surface area (Å²) >= 11 is 12.0. The Kier molecular flexibility index (Phi) is 9.80. The van der Waals surface area contributed by atoms with Crippen LogP contribution in [-0.4, -0.2) is 66.0 Å². The van der Waals surface area contributed by atoms with Gasteiger partial charge in [0, 0.05) is 38.2 Å². The molecule has 1 aromatic rings. The number of carbonyl (C=O) groups is 3. The Morgan fingerprint density at radius 1 is 1.15 bits per heavy atom. The second-order valence-corrected chi connectivity index (χ2v) is 9.63. The van der Waals surface area contributed by atoms with Crippen LogP contribution in [0.25, 0.3) is 6.08 Å². The molecule has 1 atom stereocenters. The highest BCUT2D eigenvalue weighted by Gasteiger charge is 2.31. The largest absolute Gasteiger partial charge is 0.466 e. The number of esters is 1. The highest BCUT2D eigenvalue weighted by atomic mass is 35.5. The van der Waals surface area contributed by atoms with Crippen LogP contribution in [0.15, 0.2) is 24.3 Å². The molecular weight excluding hydrogens is 477 g/mol. The number of hydrogen-bond acceptors (Lipinski definition) is 5. The van der Waals surface area contributed by atoms with E-state index in [0.717, 1.165) is 31.2 Å². The number of hydrogen-bond donors (Lipinski definition) is 1. The first-order valence-electron chi connectivity index (χ1n) is 11.9. The van der Waals surface area contributed by atoms with E-state index in [1.165, 1.54) is 6.08 Å². The van der Waals surface area contributed by atoms with Crippen LogP contribution < -0.4 is 5.32 Å². The Balaban J connectivity index is 1.50. The number of carbonyl (C=O) groups excluding carboxylic acids is 3. The monoisotopic (exact) mass is 509 g/mol. The highest BCUT2D eigenvalue weighted by Crippen LogP contribution is 2.26. The van der Waals surface area contributed by atoms with Crippen molar-refractivity contribution in [3.63, 3.8) is 0 Å². The molecule has 1 N–H and O–H groups in total. The van der Waals surface area contributed by atoms with E-state index in [0.29, 0.717) is 36.3 Å². The molecule has 2 aliphatic rings. The van der Waals surface area contributed by atoms with Crippen LogP contribution in [0.4, 0.5) is 0 Å². The summed E-state index contributed by atoms with van der Waals surface area (Å²) < 4.78 is 5.14. The van der Waals surface area contributed by atoms with Crippen LogP contribution in [0.2, 0.25) is 10.0 Å². The van der Waals surface area contributed by atoms with E-state index in [9.17, 15) is 14.4 Å². The lowest BCUT2D eigenvalue weighted by Crippen LogP contribution is -2.52. The average Bonchev–Trinajstić information content (AvgIpc) is 3.02. The maximum atomic E-state index is 12.8. The molecule has 1 aliphatic carbocycles. The number of amides is 2. The van der Waals surface area contributed by atoms with Gasteiger partial charge in [-0.15, -0.1) is 0 Å². The third kappa shape index (κ3) is 7.20. The average molecular weight is 510 g/mol. The van der Waals surface area contributed by atoms with Gasteiger partial charge in [0.05, 0.1) is 28.7 Å². The van der Waals surface area contributed by atoms with E-state index < -0.39 is 0 Å². The Hall–Kier alpha value is -2.09. The van der Waals surface area contributed by atoms with Crippen molar-refractivity contribution in [2.24, 2.45) is 5.92 Å². The van der Waals surface area contributed by atoms with Crippen LogP contribution in [0.1, 0.15) is 51.5 Å². The second kappa shape index (κ2) is 12.6. The van der Waals surface area contributed by atoms with Gasteiger partial charge < -0.3 is 14.5 Å². The number of nitrogens with zero attached hydrogens (tertiary/aromatic N) is 2. The summed E-state index contributed by atoms with van der Waals surface area (Å²) in [6.45, 7) is 5.55. The van der Waals surface area contributed by atoms with E-state index in [-0.39, 0.29) is 42.3 Å². The first kappa shape index (κ1) is 26.5. The Morgan fingerprint density at radius 3 is 2.56 bits per heavy atom. The first-order chi connectivity index (χ1) is 16.3. The summed E-state index contributed by atoms with van der Waals surface area (Å²) in [5.41, 5.74) is 0.783. The third-order valence-corrected chi connectivity index (χ3v) is 7.23. The van der Waals surface area contributed by atoms with Gasteiger partial charge in [-0.2, -0.15) is 0 Å². The van der Waals surface area contributed by atoms with Crippen molar-refractivity contribution < 1.29 is 19.1 Å². The molecule has 1 unspecified atom stereocenters. The zero-order valence-electron chi connectivity index (χ0n) is 19.8. The van der Waals surface area contributed by atoms with Crippen molar-refractivity contribution in [3.8, 4) is 0 Å². The number of nitrogens with one attached hydrogen (secondary N) is 1. The fourth-order valence-electron chi connectivity index (χ4n) is 4.55. The maximum absolute atomic E-state index is 12.8. The number of benzene rings is 1.